The molecule has 0 saturated heterocycles. The van der Waals surface area contributed by atoms with Crippen molar-refractivity contribution in [3.8, 4) is 5.75 Å². The molecule has 0 fully saturated rings. The van der Waals surface area contributed by atoms with E-state index in [4.69, 9.17) is 27.9 Å². The highest BCUT2D eigenvalue weighted by Crippen LogP contribution is 2.36. The number of hydrogen-bond acceptors (Lipinski definition) is 4. The van der Waals surface area contributed by atoms with Gasteiger partial charge in [0.15, 0.2) is 27.2 Å². The maximum atomic E-state index is 14.8. The quantitative estimate of drug-likeness (QED) is 0.301. The lowest BCUT2D eigenvalue weighted by atomic mass is 9.97. The molecule has 0 unspecified atom stereocenters. The third-order valence-corrected chi connectivity index (χ3v) is 7.76. The van der Waals surface area contributed by atoms with Crippen molar-refractivity contribution in [1.29, 1.82) is 0 Å². The summed E-state index contributed by atoms with van der Waals surface area (Å²) in [6, 6.07) is 12.9. The van der Waals surface area contributed by atoms with Gasteiger partial charge in [0.05, 0.1) is 10.6 Å². The molecule has 0 N–H and O–H groups in total. The fourth-order valence-corrected chi connectivity index (χ4v) is 5.12. The van der Waals surface area contributed by atoms with E-state index >= 15 is 0 Å². The van der Waals surface area contributed by atoms with Crippen molar-refractivity contribution >= 4 is 38.8 Å². The molecule has 0 saturated carbocycles. The average molecular weight is 541 g/mol. The topological polar surface area (TPSA) is 60.4 Å². The zero-order chi connectivity index (χ0) is 26.0. The van der Waals surface area contributed by atoms with E-state index in [1.807, 2.05) is 0 Å². The van der Waals surface area contributed by atoms with Gasteiger partial charge in [-0.15, -0.1) is 0 Å². The van der Waals surface area contributed by atoms with Gasteiger partial charge in [0, 0.05) is 28.5 Å². The maximum Gasteiger partial charge on any atom is 0.191 e. The Kier molecular flexibility index (Phi) is 8.25. The van der Waals surface area contributed by atoms with Crippen molar-refractivity contribution in [3.05, 3.63) is 93.0 Å². The second-order valence-corrected chi connectivity index (χ2v) is 11.7. The number of halogens is 4. The van der Waals surface area contributed by atoms with Gasteiger partial charge in [-0.05, 0) is 61.4 Å². The Morgan fingerprint density at radius 1 is 0.914 bits per heavy atom. The van der Waals surface area contributed by atoms with E-state index in [9.17, 15) is 22.0 Å². The highest BCUT2D eigenvalue weighted by atomic mass is 35.5. The number of benzene rings is 3. The fraction of sp³-hybridized carbons (Fsp3) is 0.269. The number of carbonyl (C=O) groups excluding carboxylic acids is 1. The van der Waals surface area contributed by atoms with Crippen LogP contribution in [-0.2, 0) is 33.1 Å². The Morgan fingerprint density at radius 3 is 2.03 bits per heavy atom. The van der Waals surface area contributed by atoms with Crippen LogP contribution in [0.25, 0.3) is 0 Å². The van der Waals surface area contributed by atoms with Crippen molar-refractivity contribution in [1.82, 2.24) is 0 Å². The molecule has 3 aromatic rings. The van der Waals surface area contributed by atoms with E-state index in [-0.39, 0.29) is 34.8 Å². The minimum absolute atomic E-state index is 0.00393. The molecule has 3 rings (SSSR count). The summed E-state index contributed by atoms with van der Waals surface area (Å²) in [4.78, 5) is 12.7. The van der Waals surface area contributed by atoms with Gasteiger partial charge in [0.2, 0.25) is 0 Å². The van der Waals surface area contributed by atoms with Crippen LogP contribution in [0.4, 0.5) is 8.78 Å². The normalized spacial score (nSPS) is 12.0. The standard InChI is InChI=1S/C26H24Cl2F2O4S/c1-4-35(32,33)20-8-5-16(6-9-20)11-19(31)12-17-13-23(29)25(24(30)14-17)34-26(2,3)21-10-7-18(27)15-22(21)28/h5-10,13-15H,4,11-12H2,1-3H3. The first-order chi connectivity index (χ1) is 16.3. The number of ketones is 1. The van der Waals surface area contributed by atoms with E-state index in [0.717, 1.165) is 12.1 Å². The van der Waals surface area contributed by atoms with Crippen molar-refractivity contribution in [2.75, 3.05) is 5.75 Å². The molecule has 0 atom stereocenters. The zero-order valence-electron chi connectivity index (χ0n) is 19.4. The first kappa shape index (κ1) is 27.1. The summed E-state index contributed by atoms with van der Waals surface area (Å²) >= 11 is 12.1. The molecule has 9 heteroatoms. The highest BCUT2D eigenvalue weighted by Gasteiger charge is 2.29. The van der Waals surface area contributed by atoms with E-state index in [2.05, 4.69) is 0 Å². The molecule has 0 aliphatic carbocycles. The van der Waals surface area contributed by atoms with Crippen LogP contribution < -0.4 is 4.74 Å². The van der Waals surface area contributed by atoms with Gasteiger partial charge in [-0.25, -0.2) is 17.2 Å². The average Bonchev–Trinajstić information content (AvgIpc) is 2.76. The lowest BCUT2D eigenvalue weighted by molar-refractivity contribution is -0.117. The Hall–Kier alpha value is -2.48. The molecule has 0 aliphatic heterocycles. The number of Topliss-reactive ketones (excluding diaryl/α,β-unsaturated/α-hetero) is 1. The summed E-state index contributed by atoms with van der Waals surface area (Å²) in [7, 11) is -3.33. The van der Waals surface area contributed by atoms with Crippen LogP contribution in [0.2, 0.25) is 10.0 Å². The summed E-state index contributed by atoms with van der Waals surface area (Å²) in [5.74, 6) is -2.77. The minimum Gasteiger partial charge on any atom is -0.477 e. The lowest BCUT2D eigenvalue weighted by Crippen LogP contribution is -2.27. The third-order valence-electron chi connectivity index (χ3n) is 5.46. The number of sulfone groups is 1. The SMILES string of the molecule is CCS(=O)(=O)c1ccc(CC(=O)Cc2cc(F)c(OC(C)(C)c3ccc(Cl)cc3Cl)c(F)c2)cc1. The molecule has 0 aromatic heterocycles. The van der Waals surface area contributed by atoms with Gasteiger partial charge in [0.25, 0.3) is 0 Å². The minimum atomic E-state index is -3.33. The van der Waals surface area contributed by atoms with Crippen LogP contribution in [0.1, 0.15) is 37.5 Å². The van der Waals surface area contributed by atoms with E-state index < -0.39 is 32.8 Å². The molecule has 0 heterocycles. The van der Waals surface area contributed by atoms with E-state index in [1.54, 1.807) is 45.0 Å². The van der Waals surface area contributed by atoms with Gasteiger partial charge < -0.3 is 4.74 Å². The molecular formula is C26H24Cl2F2O4S. The number of hydrogen-bond donors (Lipinski definition) is 0. The van der Waals surface area contributed by atoms with E-state index in [1.165, 1.54) is 18.2 Å². The third kappa shape index (κ3) is 6.60. The zero-order valence-corrected chi connectivity index (χ0v) is 21.7. The first-order valence-corrected chi connectivity index (χ1v) is 13.2. The van der Waals surface area contributed by atoms with Crippen LogP contribution >= 0.6 is 23.2 Å². The molecule has 35 heavy (non-hydrogen) atoms. The van der Waals surface area contributed by atoms with Crippen molar-refractivity contribution in [2.45, 2.75) is 44.1 Å². The Morgan fingerprint density at radius 2 is 1.49 bits per heavy atom. The molecule has 0 aliphatic rings. The van der Waals surface area contributed by atoms with Crippen molar-refractivity contribution in [3.63, 3.8) is 0 Å². The van der Waals surface area contributed by atoms with Crippen LogP contribution in [-0.4, -0.2) is 20.0 Å². The summed E-state index contributed by atoms with van der Waals surface area (Å²) in [5.41, 5.74) is 0.0924. The van der Waals surface area contributed by atoms with E-state index in [0.29, 0.717) is 21.2 Å². The molecule has 4 nitrogen and oxygen atoms in total. The van der Waals surface area contributed by atoms with Gasteiger partial charge in [-0.2, -0.15) is 0 Å². The molecule has 3 aromatic carbocycles. The summed E-state index contributed by atoms with van der Waals surface area (Å²) in [6.45, 7) is 4.79. The number of carbonyl (C=O) groups is 1. The lowest BCUT2D eigenvalue weighted by Gasteiger charge is -2.28. The largest absolute Gasteiger partial charge is 0.477 e. The predicted octanol–water partition coefficient (Wildman–Crippen LogP) is 6.73. The van der Waals surface area contributed by atoms with Crippen molar-refractivity contribution < 1.29 is 26.7 Å². The molecule has 186 valence electrons. The van der Waals surface area contributed by atoms with Gasteiger partial charge in [-0.3, -0.25) is 4.79 Å². The molecule has 0 bridgehead atoms. The second-order valence-electron chi connectivity index (χ2n) is 8.56. The molecule has 0 amide bonds. The van der Waals surface area contributed by atoms with Gasteiger partial charge >= 0.3 is 0 Å². The number of ether oxygens (including phenoxy) is 1. The van der Waals surface area contributed by atoms with Gasteiger partial charge in [-0.1, -0.05) is 48.3 Å². The summed E-state index contributed by atoms with van der Waals surface area (Å²) < 4.78 is 59.1. The molecule has 0 radical (unpaired) electrons. The highest BCUT2D eigenvalue weighted by molar-refractivity contribution is 7.91. The fourth-order valence-electron chi connectivity index (χ4n) is 3.60. The van der Waals surface area contributed by atoms with Crippen LogP contribution in [0.15, 0.2) is 59.5 Å². The van der Waals surface area contributed by atoms with Crippen LogP contribution in [0.5, 0.6) is 5.75 Å². The number of rotatable bonds is 9. The Bertz CT molecular complexity index is 1330. The predicted molar refractivity (Wildman–Crippen MR) is 133 cm³/mol. The van der Waals surface area contributed by atoms with Crippen LogP contribution in [0, 0.1) is 11.6 Å². The monoisotopic (exact) mass is 540 g/mol. The molecular weight excluding hydrogens is 517 g/mol. The van der Waals surface area contributed by atoms with Gasteiger partial charge in [0.1, 0.15) is 11.4 Å². The smallest absolute Gasteiger partial charge is 0.191 e. The maximum absolute atomic E-state index is 14.8. The first-order valence-electron chi connectivity index (χ1n) is 10.8. The van der Waals surface area contributed by atoms with Crippen LogP contribution in [0.3, 0.4) is 0 Å². The Labute approximate surface area is 213 Å². The summed E-state index contributed by atoms with van der Waals surface area (Å²) in [6.07, 6.45) is -0.203. The second kappa shape index (κ2) is 10.6. The summed E-state index contributed by atoms with van der Waals surface area (Å²) in [5, 5.41) is 0.716. The Balaban J connectivity index is 1.73. The van der Waals surface area contributed by atoms with Crippen molar-refractivity contribution in [2.24, 2.45) is 0 Å². The molecule has 0 spiro atoms.